The van der Waals surface area contributed by atoms with Crippen molar-refractivity contribution in [1.29, 1.82) is 0 Å². The van der Waals surface area contributed by atoms with Crippen molar-refractivity contribution in [3.63, 3.8) is 0 Å². The van der Waals surface area contributed by atoms with Gasteiger partial charge in [-0.25, -0.2) is 0 Å². The van der Waals surface area contributed by atoms with Crippen molar-refractivity contribution < 1.29 is 13.2 Å². The molecule has 19 heavy (non-hydrogen) atoms. The summed E-state index contributed by atoms with van der Waals surface area (Å²) in [6.07, 6.45) is -0.805. The van der Waals surface area contributed by atoms with Gasteiger partial charge in [0.1, 0.15) is 0 Å². The van der Waals surface area contributed by atoms with Gasteiger partial charge in [0.05, 0.1) is 24.0 Å². The third-order valence-electron chi connectivity index (χ3n) is 2.51. The summed E-state index contributed by atoms with van der Waals surface area (Å²) in [5.74, 6) is 0. The molecule has 0 fully saturated rings. The maximum atomic E-state index is 12.3. The van der Waals surface area contributed by atoms with Gasteiger partial charge in [0.25, 0.3) is 0 Å². The normalized spacial score (nSPS) is 11.7. The molecule has 0 radical (unpaired) electrons. The Morgan fingerprint density at radius 2 is 2.11 bits per heavy atom. The van der Waals surface area contributed by atoms with Crippen LogP contribution in [0.2, 0.25) is 0 Å². The average molecular weight is 270 g/mol. The maximum Gasteiger partial charge on any atom is 0.419 e. The fourth-order valence-electron chi connectivity index (χ4n) is 1.55. The van der Waals surface area contributed by atoms with Crippen LogP contribution in [0.1, 0.15) is 11.3 Å². The average Bonchev–Trinajstić information content (AvgIpc) is 2.85. The zero-order valence-corrected chi connectivity index (χ0v) is 10.1. The van der Waals surface area contributed by atoms with Gasteiger partial charge in [0.2, 0.25) is 0 Å². The Hall–Kier alpha value is -1.89. The number of alkyl halides is 3. The van der Waals surface area contributed by atoms with Crippen LogP contribution in [0.3, 0.4) is 0 Å². The van der Waals surface area contributed by atoms with Crippen molar-refractivity contribution in [1.82, 2.24) is 20.1 Å². The van der Waals surface area contributed by atoms with Gasteiger partial charge < -0.3 is 5.32 Å². The van der Waals surface area contributed by atoms with E-state index in [0.717, 1.165) is 18.1 Å². The van der Waals surface area contributed by atoms with Crippen LogP contribution in [0.5, 0.6) is 0 Å². The van der Waals surface area contributed by atoms with E-state index in [1.165, 1.54) is 4.68 Å². The summed E-state index contributed by atoms with van der Waals surface area (Å²) in [7, 11) is 0. The molecular formula is C12H13F3N4. The first-order chi connectivity index (χ1) is 9.05. The fourth-order valence-corrected chi connectivity index (χ4v) is 1.55. The number of aromatic nitrogens is 3. The Kier molecular flexibility index (Phi) is 4.16. The lowest BCUT2D eigenvalue weighted by Gasteiger charge is -2.04. The Balaban J connectivity index is 1.76. The minimum atomic E-state index is -4.33. The number of hydrogen-bond acceptors (Lipinski definition) is 3. The molecule has 0 aliphatic carbocycles. The first-order valence-electron chi connectivity index (χ1n) is 5.76. The molecule has 4 nitrogen and oxygen atoms in total. The van der Waals surface area contributed by atoms with Crippen molar-refractivity contribution in [2.75, 3.05) is 6.54 Å². The highest BCUT2D eigenvalue weighted by Gasteiger charge is 2.31. The zero-order chi connectivity index (χ0) is 13.7. The molecule has 0 unspecified atom stereocenters. The van der Waals surface area contributed by atoms with E-state index in [1.807, 2.05) is 18.2 Å². The summed E-state index contributed by atoms with van der Waals surface area (Å²) in [5.41, 5.74) is 0.163. The monoisotopic (exact) mass is 270 g/mol. The molecule has 2 aromatic heterocycles. The topological polar surface area (TPSA) is 42.7 Å². The predicted octanol–water partition coefficient (Wildman–Crippen LogP) is 2.09. The largest absolute Gasteiger partial charge is 0.419 e. The third kappa shape index (κ3) is 4.06. The van der Waals surface area contributed by atoms with Crippen LogP contribution in [0.4, 0.5) is 13.2 Å². The highest BCUT2D eigenvalue weighted by molar-refractivity contribution is 5.08. The molecule has 0 aromatic carbocycles. The summed E-state index contributed by atoms with van der Waals surface area (Å²) in [6, 6.07) is 5.59. The molecule has 0 spiro atoms. The van der Waals surface area contributed by atoms with Crippen molar-refractivity contribution in [2.24, 2.45) is 0 Å². The van der Waals surface area contributed by atoms with E-state index in [0.29, 0.717) is 19.6 Å². The molecule has 0 aliphatic rings. The van der Waals surface area contributed by atoms with Gasteiger partial charge in [-0.2, -0.15) is 18.3 Å². The number of nitrogens with one attached hydrogen (secondary N) is 1. The second-order valence-corrected chi connectivity index (χ2v) is 3.99. The number of nitrogens with zero attached hydrogens (tertiary/aromatic N) is 3. The van der Waals surface area contributed by atoms with Crippen molar-refractivity contribution >= 4 is 0 Å². The van der Waals surface area contributed by atoms with E-state index in [1.54, 1.807) is 6.20 Å². The van der Waals surface area contributed by atoms with E-state index >= 15 is 0 Å². The summed E-state index contributed by atoms with van der Waals surface area (Å²) in [4.78, 5) is 4.13. The maximum absolute atomic E-state index is 12.3. The fraction of sp³-hybridized carbons (Fsp3) is 0.333. The Morgan fingerprint density at radius 1 is 1.26 bits per heavy atom. The highest BCUT2D eigenvalue weighted by Crippen LogP contribution is 2.28. The molecule has 0 atom stereocenters. The third-order valence-corrected chi connectivity index (χ3v) is 2.51. The molecule has 1 N–H and O–H groups in total. The lowest BCUT2D eigenvalue weighted by atomic mass is 10.3. The van der Waals surface area contributed by atoms with Crippen LogP contribution in [-0.2, 0) is 19.3 Å². The summed E-state index contributed by atoms with van der Waals surface area (Å²) < 4.78 is 38.3. The van der Waals surface area contributed by atoms with Crippen molar-refractivity contribution in [3.8, 4) is 0 Å². The van der Waals surface area contributed by atoms with Crippen molar-refractivity contribution in [2.45, 2.75) is 19.3 Å². The van der Waals surface area contributed by atoms with Gasteiger partial charge in [0.15, 0.2) is 0 Å². The second kappa shape index (κ2) is 5.83. The van der Waals surface area contributed by atoms with Gasteiger partial charge in [-0.1, -0.05) is 6.07 Å². The quantitative estimate of drug-likeness (QED) is 0.846. The van der Waals surface area contributed by atoms with E-state index in [2.05, 4.69) is 15.4 Å². The molecule has 0 saturated heterocycles. The molecule has 2 heterocycles. The molecule has 0 saturated carbocycles. The van der Waals surface area contributed by atoms with Gasteiger partial charge in [-0.3, -0.25) is 9.67 Å². The van der Waals surface area contributed by atoms with Gasteiger partial charge in [0, 0.05) is 25.5 Å². The first-order valence-corrected chi connectivity index (χ1v) is 5.76. The molecule has 0 aliphatic heterocycles. The number of halogens is 3. The molecule has 7 heteroatoms. The molecule has 2 rings (SSSR count). The van der Waals surface area contributed by atoms with E-state index < -0.39 is 11.7 Å². The van der Waals surface area contributed by atoms with Crippen LogP contribution in [-0.4, -0.2) is 21.3 Å². The standard InChI is InChI=1S/C12H13F3N4/c13-12(14,15)10-7-18-19(9-10)6-5-16-8-11-3-1-2-4-17-11/h1-4,7,9,16H,5-6,8H2. The SMILES string of the molecule is FC(F)(F)c1cnn(CCNCc2ccccn2)c1. The van der Waals surface area contributed by atoms with Gasteiger partial charge in [-0.05, 0) is 12.1 Å². The van der Waals surface area contributed by atoms with Crippen LogP contribution < -0.4 is 5.32 Å². The van der Waals surface area contributed by atoms with Gasteiger partial charge >= 0.3 is 6.18 Å². The number of rotatable bonds is 5. The van der Waals surface area contributed by atoms with Gasteiger partial charge in [-0.15, -0.1) is 0 Å². The Bertz CT molecular complexity index is 507. The van der Waals surface area contributed by atoms with E-state index in [-0.39, 0.29) is 0 Å². The molecule has 2 aromatic rings. The van der Waals surface area contributed by atoms with E-state index in [9.17, 15) is 13.2 Å². The lowest BCUT2D eigenvalue weighted by molar-refractivity contribution is -0.137. The summed E-state index contributed by atoms with van der Waals surface area (Å²) in [5, 5.41) is 6.76. The lowest BCUT2D eigenvalue weighted by Crippen LogP contribution is -2.20. The smallest absolute Gasteiger partial charge is 0.309 e. The predicted molar refractivity (Wildman–Crippen MR) is 63.2 cm³/mol. The minimum Gasteiger partial charge on any atom is -0.309 e. The Labute approximate surface area is 108 Å². The van der Waals surface area contributed by atoms with Crippen LogP contribution in [0.15, 0.2) is 36.8 Å². The minimum absolute atomic E-state index is 0.378. The molecule has 102 valence electrons. The van der Waals surface area contributed by atoms with Crippen LogP contribution in [0.25, 0.3) is 0 Å². The summed E-state index contributed by atoms with van der Waals surface area (Å²) in [6.45, 7) is 1.48. The molecular weight excluding hydrogens is 257 g/mol. The van der Waals surface area contributed by atoms with E-state index in [4.69, 9.17) is 0 Å². The van der Waals surface area contributed by atoms with Crippen molar-refractivity contribution in [3.05, 3.63) is 48.0 Å². The highest BCUT2D eigenvalue weighted by atomic mass is 19.4. The molecule has 0 amide bonds. The second-order valence-electron chi connectivity index (χ2n) is 3.99. The first kappa shape index (κ1) is 13.5. The number of pyridine rings is 1. The Morgan fingerprint density at radius 3 is 2.74 bits per heavy atom. The summed E-state index contributed by atoms with van der Waals surface area (Å²) >= 11 is 0. The number of hydrogen-bond donors (Lipinski definition) is 1. The van der Waals surface area contributed by atoms with Crippen LogP contribution >= 0.6 is 0 Å². The zero-order valence-electron chi connectivity index (χ0n) is 10.1. The van der Waals surface area contributed by atoms with Crippen LogP contribution in [0, 0.1) is 0 Å². The molecule has 0 bridgehead atoms.